The molecule has 0 saturated carbocycles. The molecule has 0 aliphatic carbocycles. The first-order valence-corrected chi connectivity index (χ1v) is 11.8. The second-order valence-corrected chi connectivity index (χ2v) is 9.72. The van der Waals surface area contributed by atoms with Crippen LogP contribution in [0.15, 0.2) is 36.4 Å². The Balaban J connectivity index is 2.26. The van der Waals surface area contributed by atoms with Crippen LogP contribution in [0, 0.1) is 0 Å². The number of benzene rings is 2. The highest BCUT2D eigenvalue weighted by molar-refractivity contribution is 7.92. The van der Waals surface area contributed by atoms with Gasteiger partial charge in [0.1, 0.15) is 5.75 Å². The molecule has 2 aromatic rings. The molecule has 0 fully saturated rings. The van der Waals surface area contributed by atoms with Crippen molar-refractivity contribution in [3.05, 3.63) is 47.0 Å². The summed E-state index contributed by atoms with van der Waals surface area (Å²) in [5.41, 5.74) is 0.789. The molecule has 0 atom stereocenters. The Kier molecular flexibility index (Phi) is 6.42. The number of hydrogen-bond donors (Lipinski definition) is 3. The van der Waals surface area contributed by atoms with Gasteiger partial charge in [-0.3, -0.25) is 14.2 Å². The van der Waals surface area contributed by atoms with Crippen LogP contribution in [0.2, 0.25) is 5.02 Å². The molecule has 0 unspecified atom stereocenters. The van der Waals surface area contributed by atoms with Crippen molar-refractivity contribution < 1.29 is 26.4 Å². The summed E-state index contributed by atoms with van der Waals surface area (Å²) in [4.78, 5) is 12.5. The van der Waals surface area contributed by atoms with E-state index in [1.807, 2.05) is 0 Å². The molecule has 0 heterocycles. The number of rotatable bonds is 7. The highest BCUT2D eigenvalue weighted by Gasteiger charge is 2.14. The smallest absolute Gasteiger partial charge is 0.255 e. The van der Waals surface area contributed by atoms with Gasteiger partial charge in [-0.15, -0.1) is 0 Å². The van der Waals surface area contributed by atoms with Crippen molar-refractivity contribution in [2.75, 3.05) is 34.4 Å². The number of sulfonamides is 2. The first-order valence-electron chi connectivity index (χ1n) is 7.62. The third kappa shape index (κ3) is 6.29. The molecule has 1 amide bonds. The molecule has 0 spiro atoms. The van der Waals surface area contributed by atoms with Crippen LogP contribution in [0.3, 0.4) is 0 Å². The number of nitrogens with one attached hydrogen (secondary N) is 3. The Labute approximate surface area is 168 Å². The van der Waals surface area contributed by atoms with E-state index in [0.29, 0.717) is 5.69 Å². The number of amides is 1. The lowest BCUT2D eigenvalue weighted by Gasteiger charge is -2.13. The molecule has 0 aliphatic heterocycles. The Hall–Kier alpha value is -2.50. The lowest BCUT2D eigenvalue weighted by molar-refractivity contribution is 0.102. The van der Waals surface area contributed by atoms with Crippen LogP contribution in [0.5, 0.6) is 5.75 Å². The highest BCUT2D eigenvalue weighted by atomic mass is 35.5. The van der Waals surface area contributed by atoms with Gasteiger partial charge in [0.15, 0.2) is 0 Å². The van der Waals surface area contributed by atoms with Gasteiger partial charge in [0.25, 0.3) is 5.91 Å². The molecule has 3 N–H and O–H groups in total. The number of methoxy groups -OCH3 is 1. The van der Waals surface area contributed by atoms with Crippen LogP contribution < -0.4 is 19.5 Å². The SMILES string of the molecule is COc1cc(NC(=O)c2ccc(Cl)c(NS(C)(=O)=O)c2)ccc1NS(C)(=O)=O. The monoisotopic (exact) mass is 447 g/mol. The molecule has 152 valence electrons. The number of hydrogen-bond acceptors (Lipinski definition) is 6. The van der Waals surface area contributed by atoms with Gasteiger partial charge in [-0.1, -0.05) is 11.6 Å². The second-order valence-electron chi connectivity index (χ2n) is 5.81. The molecular formula is C16H18ClN3O6S2. The van der Waals surface area contributed by atoms with Crippen molar-refractivity contribution in [1.29, 1.82) is 0 Å². The molecule has 28 heavy (non-hydrogen) atoms. The quantitative estimate of drug-likeness (QED) is 0.597. The molecule has 12 heteroatoms. The maximum Gasteiger partial charge on any atom is 0.255 e. The number of anilines is 3. The maximum absolute atomic E-state index is 12.5. The fourth-order valence-electron chi connectivity index (χ4n) is 2.20. The Bertz CT molecular complexity index is 1120. The van der Waals surface area contributed by atoms with Crippen LogP contribution >= 0.6 is 11.6 Å². The van der Waals surface area contributed by atoms with Crippen molar-refractivity contribution in [3.8, 4) is 5.75 Å². The minimum absolute atomic E-state index is 0.0714. The Morgan fingerprint density at radius 2 is 1.54 bits per heavy atom. The van der Waals surface area contributed by atoms with Gasteiger partial charge in [0.2, 0.25) is 20.0 Å². The molecule has 2 aromatic carbocycles. The van der Waals surface area contributed by atoms with E-state index in [0.717, 1.165) is 12.5 Å². The van der Waals surface area contributed by atoms with E-state index in [-0.39, 0.29) is 27.7 Å². The van der Waals surface area contributed by atoms with E-state index in [1.165, 1.54) is 43.5 Å². The van der Waals surface area contributed by atoms with Crippen LogP contribution in [-0.2, 0) is 20.0 Å². The molecule has 2 rings (SSSR count). The summed E-state index contributed by atoms with van der Waals surface area (Å²) in [7, 11) is -5.71. The topological polar surface area (TPSA) is 131 Å². The van der Waals surface area contributed by atoms with Crippen LogP contribution in [-0.4, -0.2) is 42.4 Å². The zero-order valence-electron chi connectivity index (χ0n) is 15.1. The molecule has 9 nitrogen and oxygen atoms in total. The predicted octanol–water partition coefficient (Wildman–Crippen LogP) is 2.34. The third-order valence-electron chi connectivity index (χ3n) is 3.28. The normalized spacial score (nSPS) is 11.6. The van der Waals surface area contributed by atoms with Crippen molar-refractivity contribution in [2.45, 2.75) is 0 Å². The van der Waals surface area contributed by atoms with Crippen LogP contribution in [0.1, 0.15) is 10.4 Å². The average molecular weight is 448 g/mol. The molecule has 0 aromatic heterocycles. The largest absolute Gasteiger partial charge is 0.494 e. The summed E-state index contributed by atoms with van der Waals surface area (Å²) in [5.74, 6) is -0.321. The summed E-state index contributed by atoms with van der Waals surface area (Å²) in [6.07, 6.45) is 1.97. The summed E-state index contributed by atoms with van der Waals surface area (Å²) in [6.45, 7) is 0. The van der Waals surface area contributed by atoms with Gasteiger partial charge < -0.3 is 10.1 Å². The number of halogens is 1. The standard InChI is InChI=1S/C16H18ClN3O6S2/c1-26-15-9-11(5-7-13(15)19-27(2,22)23)18-16(21)10-4-6-12(17)14(8-10)20-28(3,24)25/h4-9,19-20H,1-3H3,(H,18,21). The highest BCUT2D eigenvalue weighted by Crippen LogP contribution is 2.29. The van der Waals surface area contributed by atoms with Crippen molar-refractivity contribution in [3.63, 3.8) is 0 Å². The van der Waals surface area contributed by atoms with E-state index in [1.54, 1.807) is 0 Å². The van der Waals surface area contributed by atoms with Crippen LogP contribution in [0.25, 0.3) is 0 Å². The zero-order valence-corrected chi connectivity index (χ0v) is 17.5. The van der Waals surface area contributed by atoms with Gasteiger partial charge >= 0.3 is 0 Å². The van der Waals surface area contributed by atoms with Crippen molar-refractivity contribution in [2.24, 2.45) is 0 Å². The van der Waals surface area contributed by atoms with Gasteiger partial charge in [-0.2, -0.15) is 0 Å². The fraction of sp³-hybridized carbons (Fsp3) is 0.188. The van der Waals surface area contributed by atoms with Crippen molar-refractivity contribution >= 4 is 54.6 Å². The van der Waals surface area contributed by atoms with E-state index in [2.05, 4.69) is 14.8 Å². The summed E-state index contributed by atoms with van der Waals surface area (Å²) in [5, 5.41) is 2.75. The van der Waals surface area contributed by atoms with Gasteiger partial charge in [-0.25, -0.2) is 16.8 Å². The summed E-state index contributed by atoms with van der Waals surface area (Å²) < 4.78 is 55.2. The first-order chi connectivity index (χ1) is 12.9. The van der Waals surface area contributed by atoms with Crippen LogP contribution in [0.4, 0.5) is 17.1 Å². The lowest BCUT2D eigenvalue weighted by Crippen LogP contribution is -2.15. The maximum atomic E-state index is 12.5. The van der Waals surface area contributed by atoms with E-state index < -0.39 is 26.0 Å². The van der Waals surface area contributed by atoms with Crippen molar-refractivity contribution in [1.82, 2.24) is 0 Å². The fourth-order valence-corrected chi connectivity index (χ4v) is 3.56. The number of carbonyl (C=O) groups is 1. The van der Waals surface area contributed by atoms with E-state index in [4.69, 9.17) is 16.3 Å². The molecule has 0 aliphatic rings. The molecule has 0 bridgehead atoms. The Morgan fingerprint density at radius 1 is 0.929 bits per heavy atom. The first kappa shape index (κ1) is 21.8. The Morgan fingerprint density at radius 3 is 2.11 bits per heavy atom. The zero-order chi connectivity index (χ0) is 21.1. The third-order valence-corrected chi connectivity index (χ3v) is 4.79. The number of carbonyl (C=O) groups excluding carboxylic acids is 1. The average Bonchev–Trinajstić information content (AvgIpc) is 2.55. The molecule has 0 saturated heterocycles. The van der Waals surface area contributed by atoms with E-state index >= 15 is 0 Å². The molecular weight excluding hydrogens is 430 g/mol. The van der Waals surface area contributed by atoms with Gasteiger partial charge in [-0.05, 0) is 30.3 Å². The van der Waals surface area contributed by atoms with Gasteiger partial charge in [0, 0.05) is 17.3 Å². The van der Waals surface area contributed by atoms with Gasteiger partial charge in [0.05, 0.1) is 36.0 Å². The van der Waals surface area contributed by atoms with E-state index in [9.17, 15) is 21.6 Å². The second kappa shape index (κ2) is 8.25. The predicted molar refractivity (Wildman–Crippen MR) is 109 cm³/mol. The minimum Gasteiger partial charge on any atom is -0.494 e. The summed E-state index contributed by atoms with van der Waals surface area (Å²) >= 11 is 5.95. The number of ether oxygens (including phenoxy) is 1. The summed E-state index contributed by atoms with van der Waals surface area (Å²) in [6, 6.07) is 8.49. The minimum atomic E-state index is -3.57. The molecule has 0 radical (unpaired) electrons. The lowest BCUT2D eigenvalue weighted by atomic mass is 10.2.